The molecule has 0 saturated carbocycles. The first-order valence-corrected chi connectivity index (χ1v) is 8.67. The molecule has 2 amide bonds. The maximum absolute atomic E-state index is 12.9. The zero-order valence-electron chi connectivity index (χ0n) is 15.4. The molecule has 0 bridgehead atoms. The fraction of sp³-hybridized carbons (Fsp3) is 0.421. The second-order valence-electron chi connectivity index (χ2n) is 6.08. The molecule has 1 heterocycles. The van der Waals surface area contributed by atoms with Crippen molar-refractivity contribution >= 4 is 6.03 Å². The van der Waals surface area contributed by atoms with E-state index in [1.807, 2.05) is 23.6 Å². The first-order chi connectivity index (χ1) is 12.8. The predicted octanol–water partition coefficient (Wildman–Crippen LogP) is 3.73. The van der Waals surface area contributed by atoms with Crippen molar-refractivity contribution in [1.82, 2.24) is 14.8 Å². The molecule has 27 heavy (non-hydrogen) atoms. The maximum Gasteiger partial charge on any atom is 0.416 e. The van der Waals surface area contributed by atoms with Gasteiger partial charge in [-0.15, -0.1) is 0 Å². The third kappa shape index (κ3) is 6.02. The van der Waals surface area contributed by atoms with Crippen LogP contribution in [0.25, 0.3) is 0 Å². The summed E-state index contributed by atoms with van der Waals surface area (Å²) in [7, 11) is 1.56. The van der Waals surface area contributed by atoms with Gasteiger partial charge in [-0.1, -0.05) is 12.1 Å². The van der Waals surface area contributed by atoms with Gasteiger partial charge in [0.05, 0.1) is 18.7 Å². The maximum atomic E-state index is 12.9. The lowest BCUT2D eigenvalue weighted by atomic mass is 10.1. The second kappa shape index (κ2) is 9.45. The van der Waals surface area contributed by atoms with Gasteiger partial charge >= 0.3 is 12.2 Å². The Morgan fingerprint density at radius 1 is 1.26 bits per heavy atom. The van der Waals surface area contributed by atoms with Crippen LogP contribution in [0.3, 0.4) is 0 Å². The van der Waals surface area contributed by atoms with Crippen molar-refractivity contribution in [2.75, 3.05) is 26.8 Å². The molecule has 0 atom stereocenters. The van der Waals surface area contributed by atoms with E-state index in [2.05, 4.69) is 5.32 Å². The largest absolute Gasteiger partial charge is 0.416 e. The zero-order valence-corrected chi connectivity index (χ0v) is 15.4. The number of hydrogen-bond donors (Lipinski definition) is 1. The zero-order chi connectivity index (χ0) is 19.9. The number of hydrogen-bond acceptors (Lipinski definition) is 2. The topological polar surface area (TPSA) is 46.5 Å². The van der Waals surface area contributed by atoms with Gasteiger partial charge in [0.1, 0.15) is 0 Å². The minimum absolute atomic E-state index is 0.207. The smallest absolute Gasteiger partial charge is 0.383 e. The molecule has 1 N–H and O–H groups in total. The molecule has 148 valence electrons. The van der Waals surface area contributed by atoms with Gasteiger partial charge in [0.25, 0.3) is 0 Å². The number of alkyl halides is 3. The Labute approximate surface area is 156 Å². The SMILES string of the molecule is CCNC(=O)N(CCOC)Cc1cccn1Cc1cccc(C(F)(F)F)c1. The average molecular weight is 383 g/mol. The van der Waals surface area contributed by atoms with Crippen LogP contribution in [0.2, 0.25) is 0 Å². The fourth-order valence-corrected chi connectivity index (χ4v) is 2.70. The van der Waals surface area contributed by atoms with E-state index >= 15 is 0 Å². The van der Waals surface area contributed by atoms with Crippen molar-refractivity contribution < 1.29 is 22.7 Å². The minimum Gasteiger partial charge on any atom is -0.383 e. The van der Waals surface area contributed by atoms with E-state index in [0.717, 1.165) is 17.8 Å². The van der Waals surface area contributed by atoms with Crippen LogP contribution >= 0.6 is 0 Å². The van der Waals surface area contributed by atoms with Crippen LogP contribution in [-0.4, -0.2) is 42.3 Å². The van der Waals surface area contributed by atoms with Gasteiger partial charge in [0.2, 0.25) is 0 Å². The molecule has 2 rings (SSSR count). The molecule has 0 aliphatic carbocycles. The number of carbonyl (C=O) groups excluding carboxylic acids is 1. The number of aromatic nitrogens is 1. The number of nitrogens with one attached hydrogen (secondary N) is 1. The highest BCUT2D eigenvalue weighted by Gasteiger charge is 2.30. The molecule has 0 aliphatic rings. The number of ether oxygens (including phenoxy) is 1. The average Bonchev–Trinajstić information content (AvgIpc) is 3.05. The van der Waals surface area contributed by atoms with Gasteiger partial charge in [-0.2, -0.15) is 13.2 Å². The van der Waals surface area contributed by atoms with Gasteiger partial charge in [0, 0.05) is 38.6 Å². The summed E-state index contributed by atoms with van der Waals surface area (Å²) in [5.41, 5.74) is 0.705. The van der Waals surface area contributed by atoms with E-state index < -0.39 is 11.7 Å². The number of rotatable bonds is 8. The molecule has 0 unspecified atom stereocenters. The molecule has 0 saturated heterocycles. The molecule has 0 fully saturated rings. The first-order valence-electron chi connectivity index (χ1n) is 8.67. The Hall–Kier alpha value is -2.48. The number of nitrogens with zero attached hydrogens (tertiary/aromatic N) is 2. The first kappa shape index (κ1) is 20.8. The number of carbonyl (C=O) groups is 1. The van der Waals surface area contributed by atoms with Crippen LogP contribution in [0.5, 0.6) is 0 Å². The van der Waals surface area contributed by atoms with Crippen LogP contribution in [0, 0.1) is 0 Å². The monoisotopic (exact) mass is 383 g/mol. The van der Waals surface area contributed by atoms with Crippen LogP contribution in [-0.2, 0) is 24.0 Å². The van der Waals surface area contributed by atoms with Gasteiger partial charge in [-0.05, 0) is 36.8 Å². The van der Waals surface area contributed by atoms with Gasteiger partial charge in [-0.25, -0.2) is 4.79 Å². The highest BCUT2D eigenvalue weighted by Crippen LogP contribution is 2.29. The molecule has 2 aromatic rings. The molecule has 0 radical (unpaired) electrons. The predicted molar refractivity (Wildman–Crippen MR) is 96.3 cm³/mol. The fourth-order valence-electron chi connectivity index (χ4n) is 2.70. The quantitative estimate of drug-likeness (QED) is 0.755. The summed E-state index contributed by atoms with van der Waals surface area (Å²) in [4.78, 5) is 13.8. The molecular formula is C19H24F3N3O2. The minimum atomic E-state index is -4.37. The summed E-state index contributed by atoms with van der Waals surface area (Å²) in [6.07, 6.45) is -2.58. The highest BCUT2D eigenvalue weighted by atomic mass is 19.4. The summed E-state index contributed by atoms with van der Waals surface area (Å²) in [5, 5.41) is 2.76. The van der Waals surface area contributed by atoms with E-state index in [-0.39, 0.29) is 6.03 Å². The normalized spacial score (nSPS) is 11.4. The van der Waals surface area contributed by atoms with Crippen LogP contribution in [0.15, 0.2) is 42.6 Å². The lowest BCUT2D eigenvalue weighted by molar-refractivity contribution is -0.137. The number of urea groups is 1. The van der Waals surface area contributed by atoms with E-state index in [1.165, 1.54) is 6.07 Å². The number of halogens is 3. The van der Waals surface area contributed by atoms with Gasteiger partial charge in [0.15, 0.2) is 0 Å². The molecule has 8 heteroatoms. The second-order valence-corrected chi connectivity index (χ2v) is 6.08. The molecule has 1 aromatic heterocycles. The van der Waals surface area contributed by atoms with Crippen molar-refractivity contribution in [1.29, 1.82) is 0 Å². The van der Waals surface area contributed by atoms with Gasteiger partial charge in [-0.3, -0.25) is 0 Å². The summed E-state index contributed by atoms with van der Waals surface area (Å²) in [5.74, 6) is 0. The highest BCUT2D eigenvalue weighted by molar-refractivity contribution is 5.74. The third-order valence-electron chi connectivity index (χ3n) is 4.06. The van der Waals surface area contributed by atoms with E-state index in [9.17, 15) is 18.0 Å². The molecule has 5 nitrogen and oxygen atoms in total. The summed E-state index contributed by atoms with van der Waals surface area (Å²) < 4.78 is 45.6. The van der Waals surface area contributed by atoms with Crippen molar-refractivity contribution in [2.45, 2.75) is 26.2 Å². The lowest BCUT2D eigenvalue weighted by Crippen LogP contribution is -2.41. The standard InChI is InChI=1S/C19H24F3N3O2/c1-3-23-18(26)25(10-11-27-2)14-17-8-5-9-24(17)13-15-6-4-7-16(12-15)19(20,21)22/h4-9,12H,3,10-11,13-14H2,1-2H3,(H,23,26). The van der Waals surface area contributed by atoms with E-state index in [1.54, 1.807) is 24.3 Å². The van der Waals surface area contributed by atoms with Gasteiger partial charge < -0.3 is 19.5 Å². The van der Waals surface area contributed by atoms with E-state index in [0.29, 0.717) is 38.3 Å². The van der Waals surface area contributed by atoms with Crippen LogP contribution in [0.1, 0.15) is 23.7 Å². The number of amides is 2. The Morgan fingerprint density at radius 2 is 2.04 bits per heavy atom. The summed E-state index contributed by atoms with van der Waals surface area (Å²) in [6, 6.07) is 8.73. The van der Waals surface area contributed by atoms with Crippen molar-refractivity contribution in [3.05, 3.63) is 59.4 Å². The van der Waals surface area contributed by atoms with Crippen LogP contribution < -0.4 is 5.32 Å². The van der Waals surface area contributed by atoms with E-state index in [4.69, 9.17) is 4.74 Å². The molecule has 0 spiro atoms. The Balaban J connectivity index is 2.15. The third-order valence-corrected chi connectivity index (χ3v) is 4.06. The Kier molecular flexibility index (Phi) is 7.29. The van der Waals surface area contributed by atoms with Crippen molar-refractivity contribution in [2.24, 2.45) is 0 Å². The van der Waals surface area contributed by atoms with Crippen molar-refractivity contribution in [3.63, 3.8) is 0 Å². The Bertz CT molecular complexity index is 744. The number of benzene rings is 1. The summed E-state index contributed by atoms with van der Waals surface area (Å²) in [6.45, 7) is 3.78. The molecule has 1 aromatic carbocycles. The Morgan fingerprint density at radius 3 is 2.70 bits per heavy atom. The molecular weight excluding hydrogens is 359 g/mol. The van der Waals surface area contributed by atoms with Crippen LogP contribution in [0.4, 0.5) is 18.0 Å². The lowest BCUT2D eigenvalue weighted by Gasteiger charge is -2.23. The number of methoxy groups -OCH3 is 1. The summed E-state index contributed by atoms with van der Waals surface area (Å²) >= 11 is 0. The molecule has 0 aliphatic heterocycles. The van der Waals surface area contributed by atoms with Crippen molar-refractivity contribution in [3.8, 4) is 0 Å².